The van der Waals surface area contributed by atoms with Gasteiger partial charge in [0.1, 0.15) is 0 Å². The highest BCUT2D eigenvalue weighted by atomic mass is 15.0. The largest absolute Gasteiger partial charge is 0.310 e. The van der Waals surface area contributed by atoms with Crippen molar-refractivity contribution < 1.29 is 0 Å². The van der Waals surface area contributed by atoms with Crippen molar-refractivity contribution in [1.29, 1.82) is 0 Å². The summed E-state index contributed by atoms with van der Waals surface area (Å²) in [4.78, 5) is 0. The first-order valence-electron chi connectivity index (χ1n) is 7.68. The van der Waals surface area contributed by atoms with Gasteiger partial charge in [0.05, 0.1) is 0 Å². The third-order valence-corrected chi connectivity index (χ3v) is 6.10. The van der Waals surface area contributed by atoms with E-state index < -0.39 is 0 Å². The molecule has 0 aromatic rings. The van der Waals surface area contributed by atoms with Crippen LogP contribution >= 0.6 is 0 Å². The third kappa shape index (κ3) is 1.95. The van der Waals surface area contributed by atoms with Gasteiger partial charge in [0.15, 0.2) is 0 Å². The lowest BCUT2D eigenvalue weighted by atomic mass is 9.68. The van der Waals surface area contributed by atoms with Crippen molar-refractivity contribution in [2.75, 3.05) is 0 Å². The van der Waals surface area contributed by atoms with Crippen LogP contribution in [0.15, 0.2) is 0 Å². The Morgan fingerprint density at radius 1 is 1.18 bits per heavy atom. The van der Waals surface area contributed by atoms with E-state index in [1.165, 1.54) is 38.5 Å². The lowest BCUT2D eigenvalue weighted by Gasteiger charge is -2.44. The van der Waals surface area contributed by atoms with E-state index in [0.29, 0.717) is 10.8 Å². The Kier molecular flexibility index (Phi) is 2.63. The van der Waals surface area contributed by atoms with Crippen LogP contribution in [0.3, 0.4) is 0 Å². The monoisotopic (exact) mass is 235 g/mol. The molecular formula is C16H29N. The molecule has 3 rings (SSSR count). The molecule has 0 saturated heterocycles. The van der Waals surface area contributed by atoms with Gasteiger partial charge in [0, 0.05) is 12.1 Å². The topological polar surface area (TPSA) is 12.0 Å². The van der Waals surface area contributed by atoms with Crippen LogP contribution in [-0.2, 0) is 0 Å². The summed E-state index contributed by atoms with van der Waals surface area (Å²) in [7, 11) is 0. The zero-order valence-electron chi connectivity index (χ0n) is 12.1. The van der Waals surface area contributed by atoms with E-state index in [1.807, 2.05) is 0 Å². The molecule has 0 aromatic carbocycles. The van der Waals surface area contributed by atoms with Gasteiger partial charge in [-0.2, -0.15) is 0 Å². The van der Waals surface area contributed by atoms with E-state index in [4.69, 9.17) is 0 Å². The Labute approximate surface area is 107 Å². The Morgan fingerprint density at radius 3 is 2.41 bits per heavy atom. The standard InChI is InChI=1S/C16H29N/c1-11(9-12-5-6-12)17-14-15(2,3)13-7-8-16(14,4)10-13/h11-14,17H,5-10H2,1-4H3. The maximum absolute atomic E-state index is 4.01. The summed E-state index contributed by atoms with van der Waals surface area (Å²) in [6, 6.07) is 1.48. The number of hydrogen-bond donors (Lipinski definition) is 1. The van der Waals surface area contributed by atoms with Crippen LogP contribution in [0.25, 0.3) is 0 Å². The third-order valence-electron chi connectivity index (χ3n) is 6.10. The minimum atomic E-state index is 0.519. The van der Waals surface area contributed by atoms with E-state index in [0.717, 1.165) is 23.9 Å². The molecule has 0 radical (unpaired) electrons. The molecule has 0 amide bonds. The van der Waals surface area contributed by atoms with Gasteiger partial charge in [-0.15, -0.1) is 0 Å². The predicted octanol–water partition coefficient (Wildman–Crippen LogP) is 3.98. The van der Waals surface area contributed by atoms with Crippen LogP contribution in [-0.4, -0.2) is 12.1 Å². The lowest BCUT2D eigenvalue weighted by molar-refractivity contribution is 0.0984. The predicted molar refractivity (Wildman–Crippen MR) is 73.0 cm³/mol. The highest BCUT2D eigenvalue weighted by molar-refractivity contribution is 5.12. The summed E-state index contributed by atoms with van der Waals surface area (Å²) in [5.41, 5.74) is 1.11. The number of rotatable bonds is 4. The molecule has 4 unspecified atom stereocenters. The first kappa shape index (κ1) is 12.0. The fraction of sp³-hybridized carbons (Fsp3) is 1.00. The van der Waals surface area contributed by atoms with Crippen LogP contribution in [0.1, 0.15) is 66.2 Å². The zero-order chi connectivity index (χ0) is 12.3. The van der Waals surface area contributed by atoms with Crippen molar-refractivity contribution in [1.82, 2.24) is 5.32 Å². The average molecular weight is 235 g/mol. The molecule has 4 atom stereocenters. The van der Waals surface area contributed by atoms with Gasteiger partial charge in [0.25, 0.3) is 0 Å². The van der Waals surface area contributed by atoms with Crippen LogP contribution < -0.4 is 5.32 Å². The first-order valence-corrected chi connectivity index (χ1v) is 7.68. The van der Waals surface area contributed by atoms with Gasteiger partial charge in [-0.25, -0.2) is 0 Å². The zero-order valence-corrected chi connectivity index (χ0v) is 12.1. The Morgan fingerprint density at radius 2 is 1.88 bits per heavy atom. The summed E-state index contributed by atoms with van der Waals surface area (Å²) in [5, 5.41) is 4.01. The van der Waals surface area contributed by atoms with Gasteiger partial charge in [-0.05, 0) is 55.3 Å². The summed E-state index contributed by atoms with van der Waals surface area (Å²) < 4.78 is 0. The summed E-state index contributed by atoms with van der Waals surface area (Å²) in [6.45, 7) is 9.94. The fourth-order valence-electron chi connectivity index (χ4n) is 4.92. The van der Waals surface area contributed by atoms with E-state index in [9.17, 15) is 0 Å². The van der Waals surface area contributed by atoms with Crippen molar-refractivity contribution in [2.45, 2.75) is 78.3 Å². The average Bonchev–Trinajstić information content (AvgIpc) is 2.90. The van der Waals surface area contributed by atoms with E-state index >= 15 is 0 Å². The summed E-state index contributed by atoms with van der Waals surface area (Å²) in [6.07, 6.45) is 8.77. The van der Waals surface area contributed by atoms with Crippen molar-refractivity contribution in [3.05, 3.63) is 0 Å². The lowest BCUT2D eigenvalue weighted by Crippen LogP contribution is -2.53. The quantitative estimate of drug-likeness (QED) is 0.777. The van der Waals surface area contributed by atoms with Crippen molar-refractivity contribution in [2.24, 2.45) is 22.7 Å². The Balaban J connectivity index is 1.68. The van der Waals surface area contributed by atoms with E-state index in [1.54, 1.807) is 0 Å². The van der Waals surface area contributed by atoms with Gasteiger partial charge in [-0.3, -0.25) is 0 Å². The molecule has 98 valence electrons. The normalized spacial score (nSPS) is 45.2. The van der Waals surface area contributed by atoms with Crippen molar-refractivity contribution in [3.8, 4) is 0 Å². The molecular weight excluding hydrogens is 206 g/mol. The van der Waals surface area contributed by atoms with Gasteiger partial charge in [-0.1, -0.05) is 33.6 Å². The van der Waals surface area contributed by atoms with Crippen LogP contribution in [0, 0.1) is 22.7 Å². The Bertz CT molecular complexity index is 300. The number of fused-ring (bicyclic) bond motifs is 2. The first-order chi connectivity index (χ1) is 7.92. The SMILES string of the molecule is CC(CC1CC1)NC1C2(C)CCC(C2)C1(C)C. The smallest absolute Gasteiger partial charge is 0.0177 e. The minimum Gasteiger partial charge on any atom is -0.310 e. The molecule has 1 N–H and O–H groups in total. The van der Waals surface area contributed by atoms with E-state index in [2.05, 4.69) is 33.0 Å². The molecule has 0 aromatic heterocycles. The molecule has 3 fully saturated rings. The van der Waals surface area contributed by atoms with Crippen LogP contribution in [0.4, 0.5) is 0 Å². The highest BCUT2D eigenvalue weighted by Gasteiger charge is 2.59. The van der Waals surface area contributed by atoms with Gasteiger partial charge >= 0.3 is 0 Å². The second kappa shape index (κ2) is 3.73. The molecule has 1 heteroatoms. The van der Waals surface area contributed by atoms with Crippen LogP contribution in [0.5, 0.6) is 0 Å². The molecule has 1 nitrogen and oxygen atoms in total. The maximum atomic E-state index is 4.01. The highest BCUT2D eigenvalue weighted by Crippen LogP contribution is 2.62. The number of hydrogen-bond acceptors (Lipinski definition) is 1. The molecule has 3 saturated carbocycles. The van der Waals surface area contributed by atoms with Crippen molar-refractivity contribution in [3.63, 3.8) is 0 Å². The molecule has 2 bridgehead atoms. The van der Waals surface area contributed by atoms with Gasteiger partial charge < -0.3 is 5.32 Å². The molecule has 0 heterocycles. The molecule has 0 aliphatic heterocycles. The van der Waals surface area contributed by atoms with E-state index in [-0.39, 0.29) is 0 Å². The summed E-state index contributed by atoms with van der Waals surface area (Å²) in [5.74, 6) is 2.02. The minimum absolute atomic E-state index is 0.519. The fourth-order valence-corrected chi connectivity index (χ4v) is 4.92. The molecule has 17 heavy (non-hydrogen) atoms. The number of nitrogens with one attached hydrogen (secondary N) is 1. The Hall–Kier alpha value is -0.0400. The molecule has 3 aliphatic rings. The molecule has 0 spiro atoms. The second-order valence-electron chi connectivity index (χ2n) is 8.09. The van der Waals surface area contributed by atoms with Crippen molar-refractivity contribution >= 4 is 0 Å². The second-order valence-corrected chi connectivity index (χ2v) is 8.09. The maximum Gasteiger partial charge on any atom is 0.0177 e. The summed E-state index contributed by atoms with van der Waals surface area (Å²) >= 11 is 0. The van der Waals surface area contributed by atoms with Gasteiger partial charge in [0.2, 0.25) is 0 Å². The van der Waals surface area contributed by atoms with Crippen LogP contribution in [0.2, 0.25) is 0 Å². The molecule has 3 aliphatic carbocycles.